The Hall–Kier alpha value is -3.19. The molecule has 0 amide bonds. The molecule has 2 aromatic heterocycles. The van der Waals surface area contributed by atoms with Gasteiger partial charge in [0.2, 0.25) is 5.95 Å². The Morgan fingerprint density at radius 1 is 1.18 bits per heavy atom. The molecule has 1 saturated heterocycles. The molecule has 7 heteroatoms. The van der Waals surface area contributed by atoms with E-state index in [0.717, 1.165) is 53.3 Å². The molecule has 2 aromatic carbocycles. The van der Waals surface area contributed by atoms with Crippen molar-refractivity contribution < 1.29 is 4.74 Å². The molecule has 1 atom stereocenters. The smallest absolute Gasteiger partial charge is 0.226 e. The predicted octanol–water partition coefficient (Wildman–Crippen LogP) is 3.04. The van der Waals surface area contributed by atoms with E-state index in [4.69, 9.17) is 19.8 Å². The third-order valence-corrected chi connectivity index (χ3v) is 5.15. The predicted molar refractivity (Wildman–Crippen MR) is 110 cm³/mol. The number of aromatic nitrogens is 4. The van der Waals surface area contributed by atoms with Crippen molar-refractivity contribution in [3.63, 3.8) is 0 Å². The molecule has 1 aliphatic rings. The zero-order valence-corrected chi connectivity index (χ0v) is 15.9. The van der Waals surface area contributed by atoms with Crippen LogP contribution in [0, 0.1) is 6.92 Å². The molecule has 0 aliphatic carbocycles. The van der Waals surface area contributed by atoms with Crippen LogP contribution in [-0.2, 0) is 0 Å². The third kappa shape index (κ3) is 2.93. The number of aryl methyl sites for hydroxylation is 1. The minimum atomic E-state index is 0.336. The van der Waals surface area contributed by atoms with Crippen LogP contribution in [0.3, 0.4) is 0 Å². The first-order chi connectivity index (χ1) is 13.7. The Bertz CT molecular complexity index is 1160. The normalized spacial score (nSPS) is 16.7. The first-order valence-corrected chi connectivity index (χ1v) is 9.50. The largest absolute Gasteiger partial charge is 0.497 e. The van der Waals surface area contributed by atoms with Gasteiger partial charge in [-0.1, -0.05) is 23.8 Å². The van der Waals surface area contributed by atoms with Gasteiger partial charge in [0.25, 0.3) is 0 Å². The SMILES string of the molecule is COc1cccc(-c2nc3c4cc(C)ccc4nc(N[C@H]4CCNC4)n3n2)c1. The molecule has 5 rings (SSSR count). The van der Waals surface area contributed by atoms with Gasteiger partial charge in [0.1, 0.15) is 5.75 Å². The van der Waals surface area contributed by atoms with Crippen LogP contribution in [0.25, 0.3) is 27.9 Å². The molecule has 1 fully saturated rings. The zero-order valence-electron chi connectivity index (χ0n) is 15.9. The number of hydrogen-bond acceptors (Lipinski definition) is 6. The lowest BCUT2D eigenvalue weighted by Crippen LogP contribution is -2.24. The minimum Gasteiger partial charge on any atom is -0.497 e. The maximum atomic E-state index is 5.35. The van der Waals surface area contributed by atoms with Crippen LogP contribution < -0.4 is 15.4 Å². The third-order valence-electron chi connectivity index (χ3n) is 5.15. The zero-order chi connectivity index (χ0) is 19.1. The van der Waals surface area contributed by atoms with Gasteiger partial charge in [-0.2, -0.15) is 4.52 Å². The van der Waals surface area contributed by atoms with E-state index in [1.54, 1.807) is 7.11 Å². The van der Waals surface area contributed by atoms with E-state index in [1.807, 2.05) is 34.8 Å². The van der Waals surface area contributed by atoms with Crippen molar-refractivity contribution in [3.8, 4) is 17.1 Å². The van der Waals surface area contributed by atoms with Gasteiger partial charge in [0.15, 0.2) is 11.5 Å². The van der Waals surface area contributed by atoms with Gasteiger partial charge in [0, 0.05) is 23.5 Å². The maximum Gasteiger partial charge on any atom is 0.226 e. The van der Waals surface area contributed by atoms with Crippen molar-refractivity contribution in [1.82, 2.24) is 24.9 Å². The molecule has 0 saturated carbocycles. The molecule has 4 aromatic rings. The Kier molecular flexibility index (Phi) is 4.09. The first kappa shape index (κ1) is 16.9. The molecule has 28 heavy (non-hydrogen) atoms. The molecule has 0 spiro atoms. The van der Waals surface area contributed by atoms with Gasteiger partial charge in [-0.15, -0.1) is 5.10 Å². The molecule has 0 bridgehead atoms. The highest BCUT2D eigenvalue weighted by atomic mass is 16.5. The number of benzene rings is 2. The number of fused-ring (bicyclic) bond motifs is 3. The molecule has 2 N–H and O–H groups in total. The Labute approximate surface area is 162 Å². The second-order valence-corrected chi connectivity index (χ2v) is 7.19. The lowest BCUT2D eigenvalue weighted by atomic mass is 10.1. The number of nitrogens with one attached hydrogen (secondary N) is 2. The van der Waals surface area contributed by atoms with Crippen LogP contribution in [0.15, 0.2) is 42.5 Å². The van der Waals surface area contributed by atoms with E-state index in [0.29, 0.717) is 11.9 Å². The van der Waals surface area contributed by atoms with Crippen LogP contribution in [0.5, 0.6) is 5.75 Å². The summed E-state index contributed by atoms with van der Waals surface area (Å²) in [6, 6.07) is 14.4. The molecule has 0 unspecified atom stereocenters. The molecule has 1 aliphatic heterocycles. The Morgan fingerprint density at radius 2 is 2.11 bits per heavy atom. The second kappa shape index (κ2) is 6.76. The van der Waals surface area contributed by atoms with E-state index >= 15 is 0 Å². The summed E-state index contributed by atoms with van der Waals surface area (Å²) in [6.45, 7) is 4.01. The van der Waals surface area contributed by atoms with E-state index < -0.39 is 0 Å². The van der Waals surface area contributed by atoms with Gasteiger partial charge >= 0.3 is 0 Å². The average Bonchev–Trinajstić information content (AvgIpc) is 3.39. The fourth-order valence-corrected chi connectivity index (χ4v) is 3.66. The molecule has 3 heterocycles. The van der Waals surface area contributed by atoms with Crippen molar-refractivity contribution in [2.24, 2.45) is 0 Å². The summed E-state index contributed by atoms with van der Waals surface area (Å²) in [6.07, 6.45) is 1.06. The van der Waals surface area contributed by atoms with Crippen molar-refractivity contribution in [3.05, 3.63) is 48.0 Å². The van der Waals surface area contributed by atoms with Gasteiger partial charge < -0.3 is 15.4 Å². The Balaban J connectivity index is 1.71. The van der Waals surface area contributed by atoms with Gasteiger partial charge in [-0.05, 0) is 44.2 Å². The number of anilines is 1. The van der Waals surface area contributed by atoms with Crippen LogP contribution >= 0.6 is 0 Å². The van der Waals surface area contributed by atoms with Crippen molar-refractivity contribution in [2.45, 2.75) is 19.4 Å². The summed E-state index contributed by atoms with van der Waals surface area (Å²) in [5, 5.41) is 12.7. The van der Waals surface area contributed by atoms with Gasteiger partial charge in [-0.3, -0.25) is 0 Å². The fraction of sp³-hybridized carbons (Fsp3) is 0.286. The fourth-order valence-electron chi connectivity index (χ4n) is 3.66. The number of hydrogen-bond donors (Lipinski definition) is 2. The number of methoxy groups -OCH3 is 1. The van der Waals surface area contributed by atoms with E-state index in [2.05, 4.69) is 29.7 Å². The highest BCUT2D eigenvalue weighted by Crippen LogP contribution is 2.27. The van der Waals surface area contributed by atoms with Crippen LogP contribution in [0.2, 0.25) is 0 Å². The van der Waals surface area contributed by atoms with Crippen molar-refractivity contribution in [2.75, 3.05) is 25.5 Å². The summed E-state index contributed by atoms with van der Waals surface area (Å²) in [5.41, 5.74) is 3.80. The summed E-state index contributed by atoms with van der Waals surface area (Å²) in [4.78, 5) is 9.71. The van der Waals surface area contributed by atoms with Crippen LogP contribution in [-0.4, -0.2) is 45.8 Å². The molecule has 7 nitrogen and oxygen atoms in total. The van der Waals surface area contributed by atoms with Gasteiger partial charge in [0.05, 0.1) is 12.6 Å². The van der Waals surface area contributed by atoms with Crippen LogP contribution in [0.1, 0.15) is 12.0 Å². The quantitative estimate of drug-likeness (QED) is 0.572. The molecular weight excluding hydrogens is 352 g/mol. The maximum absolute atomic E-state index is 5.35. The first-order valence-electron chi connectivity index (χ1n) is 9.50. The standard InChI is InChI=1S/C21H22N6O/c1-13-6-7-18-17(10-13)20-25-19(14-4-3-5-16(11-14)28-2)26-27(20)21(24-18)23-15-8-9-22-12-15/h3-7,10-11,15,22H,8-9,12H2,1-2H3,(H,23,24)/t15-/m0/s1. The van der Waals surface area contributed by atoms with Crippen molar-refractivity contribution >= 4 is 22.5 Å². The average molecular weight is 374 g/mol. The highest BCUT2D eigenvalue weighted by Gasteiger charge is 2.19. The summed E-state index contributed by atoms with van der Waals surface area (Å²) in [5.74, 6) is 2.16. The summed E-state index contributed by atoms with van der Waals surface area (Å²) in [7, 11) is 1.66. The molecule has 0 radical (unpaired) electrons. The molecule has 142 valence electrons. The van der Waals surface area contributed by atoms with Crippen molar-refractivity contribution in [1.29, 1.82) is 0 Å². The Morgan fingerprint density at radius 3 is 2.93 bits per heavy atom. The monoisotopic (exact) mass is 374 g/mol. The highest BCUT2D eigenvalue weighted by molar-refractivity contribution is 5.93. The number of rotatable bonds is 4. The number of ether oxygens (including phenoxy) is 1. The van der Waals surface area contributed by atoms with E-state index in [9.17, 15) is 0 Å². The lowest BCUT2D eigenvalue weighted by Gasteiger charge is -2.13. The summed E-state index contributed by atoms with van der Waals surface area (Å²) < 4.78 is 7.18. The van der Waals surface area contributed by atoms with E-state index in [1.165, 1.54) is 5.56 Å². The second-order valence-electron chi connectivity index (χ2n) is 7.19. The number of nitrogens with zero attached hydrogens (tertiary/aromatic N) is 4. The minimum absolute atomic E-state index is 0.336. The van der Waals surface area contributed by atoms with E-state index in [-0.39, 0.29) is 0 Å². The molecular formula is C21H22N6O. The summed E-state index contributed by atoms with van der Waals surface area (Å²) >= 11 is 0. The van der Waals surface area contributed by atoms with Crippen LogP contribution in [0.4, 0.5) is 5.95 Å². The topological polar surface area (TPSA) is 76.4 Å². The lowest BCUT2D eigenvalue weighted by molar-refractivity contribution is 0.415. The van der Waals surface area contributed by atoms with Gasteiger partial charge in [-0.25, -0.2) is 9.97 Å².